The van der Waals surface area contributed by atoms with Crippen LogP contribution in [0, 0.1) is 11.7 Å². The predicted octanol–water partition coefficient (Wildman–Crippen LogP) is 5.19. The van der Waals surface area contributed by atoms with Crippen molar-refractivity contribution < 1.29 is 14.2 Å². The average Bonchev–Trinajstić information content (AvgIpc) is 2.77. The minimum absolute atomic E-state index is 0.241. The monoisotopic (exact) mass is 393 g/mol. The first-order valence-electron chi connectivity index (χ1n) is 10.5. The lowest BCUT2D eigenvalue weighted by molar-refractivity contribution is 0.0574. The van der Waals surface area contributed by atoms with Gasteiger partial charge in [-0.05, 0) is 78.9 Å². The van der Waals surface area contributed by atoms with Gasteiger partial charge >= 0.3 is 0 Å². The number of aliphatic hydroxyl groups is 1. The fourth-order valence-electron chi connectivity index (χ4n) is 4.16. The molecule has 1 heterocycles. The van der Waals surface area contributed by atoms with E-state index in [1.165, 1.54) is 22.9 Å². The van der Waals surface area contributed by atoms with Gasteiger partial charge in [-0.25, -0.2) is 4.39 Å². The molecule has 1 unspecified atom stereocenters. The van der Waals surface area contributed by atoms with Gasteiger partial charge < -0.3 is 14.7 Å². The van der Waals surface area contributed by atoms with Crippen LogP contribution in [0.1, 0.15) is 30.9 Å². The molecule has 1 atom stereocenters. The van der Waals surface area contributed by atoms with Crippen LogP contribution in [0.2, 0.25) is 0 Å². The minimum Gasteiger partial charge on any atom is -0.494 e. The maximum atomic E-state index is 13.1. The Morgan fingerprint density at radius 3 is 2.45 bits per heavy atom. The van der Waals surface area contributed by atoms with Gasteiger partial charge in [0, 0.05) is 6.54 Å². The molecule has 0 spiro atoms. The van der Waals surface area contributed by atoms with Gasteiger partial charge in [0.1, 0.15) is 11.6 Å². The van der Waals surface area contributed by atoms with E-state index in [1.54, 1.807) is 12.1 Å². The third-order valence-corrected chi connectivity index (χ3v) is 5.90. The number of piperidine rings is 1. The van der Waals surface area contributed by atoms with Gasteiger partial charge in [0.2, 0.25) is 0 Å². The molecule has 1 fully saturated rings. The van der Waals surface area contributed by atoms with Crippen LogP contribution in [0.3, 0.4) is 0 Å². The predicted molar refractivity (Wildman–Crippen MR) is 115 cm³/mol. The lowest BCUT2D eigenvalue weighted by Crippen LogP contribution is -2.36. The lowest BCUT2D eigenvalue weighted by atomic mass is 9.87. The highest BCUT2D eigenvalue weighted by Crippen LogP contribution is 2.30. The number of benzene rings is 3. The molecule has 4 heteroatoms. The zero-order valence-electron chi connectivity index (χ0n) is 16.6. The molecule has 3 aromatic carbocycles. The molecule has 0 aliphatic carbocycles. The van der Waals surface area contributed by atoms with E-state index in [2.05, 4.69) is 29.2 Å². The van der Waals surface area contributed by atoms with Crippen molar-refractivity contribution in [3.05, 3.63) is 78.1 Å². The number of fused-ring (bicyclic) bond motifs is 1. The van der Waals surface area contributed by atoms with E-state index in [-0.39, 0.29) is 11.7 Å². The molecule has 29 heavy (non-hydrogen) atoms. The average molecular weight is 394 g/mol. The summed E-state index contributed by atoms with van der Waals surface area (Å²) in [5.74, 6) is 0.900. The fourth-order valence-corrected chi connectivity index (χ4v) is 4.16. The van der Waals surface area contributed by atoms with E-state index in [4.69, 9.17) is 4.74 Å². The summed E-state index contributed by atoms with van der Waals surface area (Å²) in [5.41, 5.74) is 0.814. The number of nitrogens with zero attached hydrogens (tertiary/aromatic N) is 1. The topological polar surface area (TPSA) is 32.7 Å². The van der Waals surface area contributed by atoms with Gasteiger partial charge in [-0.3, -0.25) is 0 Å². The van der Waals surface area contributed by atoms with Crippen molar-refractivity contribution in [2.75, 3.05) is 26.2 Å². The normalized spacial score (nSPS) is 16.8. The summed E-state index contributed by atoms with van der Waals surface area (Å²) < 4.78 is 19.0. The van der Waals surface area contributed by atoms with E-state index in [0.29, 0.717) is 6.61 Å². The zero-order chi connectivity index (χ0) is 20.1. The van der Waals surface area contributed by atoms with Crippen molar-refractivity contribution in [2.24, 2.45) is 5.92 Å². The Bertz CT molecular complexity index is 920. The Kier molecular flexibility index (Phi) is 6.43. The first-order chi connectivity index (χ1) is 14.2. The Hall–Kier alpha value is -2.43. The summed E-state index contributed by atoms with van der Waals surface area (Å²) in [6, 6.07) is 20.7. The smallest absolute Gasteiger partial charge is 0.123 e. The van der Waals surface area contributed by atoms with Crippen molar-refractivity contribution >= 4 is 10.8 Å². The van der Waals surface area contributed by atoms with Crippen molar-refractivity contribution in [1.82, 2.24) is 4.90 Å². The number of likely N-dealkylation sites (tertiary alicyclic amines) is 1. The van der Waals surface area contributed by atoms with Crippen LogP contribution in [0.15, 0.2) is 66.7 Å². The van der Waals surface area contributed by atoms with Gasteiger partial charge in [0.15, 0.2) is 0 Å². The molecule has 0 aromatic heterocycles. The maximum absolute atomic E-state index is 13.1. The van der Waals surface area contributed by atoms with E-state index < -0.39 is 6.10 Å². The number of rotatable bonds is 7. The highest BCUT2D eigenvalue weighted by molar-refractivity contribution is 5.83. The summed E-state index contributed by atoms with van der Waals surface area (Å²) >= 11 is 0. The molecule has 0 amide bonds. The van der Waals surface area contributed by atoms with Gasteiger partial charge in [0.25, 0.3) is 0 Å². The van der Waals surface area contributed by atoms with Crippen LogP contribution in [0.4, 0.5) is 4.39 Å². The van der Waals surface area contributed by atoms with Crippen LogP contribution < -0.4 is 4.74 Å². The second kappa shape index (κ2) is 9.38. The van der Waals surface area contributed by atoms with E-state index in [1.807, 2.05) is 18.2 Å². The molecule has 1 N–H and O–H groups in total. The minimum atomic E-state index is -0.506. The fraction of sp³-hybridized carbons (Fsp3) is 0.360. The Balaban J connectivity index is 1.18. The highest BCUT2D eigenvalue weighted by Gasteiger charge is 2.26. The first kappa shape index (κ1) is 19.9. The summed E-state index contributed by atoms with van der Waals surface area (Å²) in [6.07, 6.45) is 2.40. The number of halogens is 1. The van der Waals surface area contributed by atoms with Crippen molar-refractivity contribution in [2.45, 2.75) is 25.4 Å². The lowest BCUT2D eigenvalue weighted by Gasteiger charge is -2.34. The Labute approximate surface area is 171 Å². The van der Waals surface area contributed by atoms with Crippen LogP contribution in [-0.2, 0) is 0 Å². The van der Waals surface area contributed by atoms with Gasteiger partial charge in [-0.1, -0.05) is 42.5 Å². The molecule has 0 bridgehead atoms. The Morgan fingerprint density at radius 2 is 1.69 bits per heavy atom. The van der Waals surface area contributed by atoms with Gasteiger partial charge in [-0.2, -0.15) is 0 Å². The molecular formula is C25H28FNO2. The van der Waals surface area contributed by atoms with Gasteiger partial charge in [0.05, 0.1) is 12.7 Å². The van der Waals surface area contributed by atoms with Crippen LogP contribution in [0.25, 0.3) is 10.8 Å². The molecular weight excluding hydrogens is 365 g/mol. The second-order valence-corrected chi connectivity index (χ2v) is 7.89. The van der Waals surface area contributed by atoms with Crippen molar-refractivity contribution in [3.8, 4) is 5.75 Å². The second-order valence-electron chi connectivity index (χ2n) is 7.89. The van der Waals surface area contributed by atoms with Crippen molar-refractivity contribution in [1.29, 1.82) is 0 Å². The molecule has 1 saturated heterocycles. The van der Waals surface area contributed by atoms with Crippen molar-refractivity contribution in [3.63, 3.8) is 0 Å². The van der Waals surface area contributed by atoms with E-state index in [9.17, 15) is 9.50 Å². The summed E-state index contributed by atoms with van der Waals surface area (Å²) in [6.45, 7) is 3.68. The summed E-state index contributed by atoms with van der Waals surface area (Å²) in [5, 5.41) is 13.0. The standard InChI is InChI=1S/C25H28FNO2/c26-23-9-6-20(7-10-23)25(28)21-12-15-27(16-13-21)14-3-17-29-24-11-8-19-4-1-2-5-22(19)18-24/h1-2,4-11,18,21,25,28H,3,12-17H2. The molecule has 3 aromatic rings. The van der Waals surface area contributed by atoms with E-state index in [0.717, 1.165) is 50.2 Å². The molecule has 0 radical (unpaired) electrons. The number of aliphatic hydroxyl groups excluding tert-OH is 1. The van der Waals surface area contributed by atoms with Crippen LogP contribution in [-0.4, -0.2) is 36.2 Å². The Morgan fingerprint density at radius 1 is 0.966 bits per heavy atom. The maximum Gasteiger partial charge on any atom is 0.123 e. The molecule has 152 valence electrons. The molecule has 4 rings (SSSR count). The molecule has 0 saturated carbocycles. The summed E-state index contributed by atoms with van der Waals surface area (Å²) in [7, 11) is 0. The highest BCUT2D eigenvalue weighted by atomic mass is 19.1. The molecule has 1 aliphatic heterocycles. The zero-order valence-corrected chi connectivity index (χ0v) is 16.6. The number of hydrogen-bond donors (Lipinski definition) is 1. The quantitative estimate of drug-likeness (QED) is 0.561. The largest absolute Gasteiger partial charge is 0.494 e. The van der Waals surface area contributed by atoms with Crippen LogP contribution in [0.5, 0.6) is 5.75 Å². The third kappa shape index (κ3) is 5.14. The number of ether oxygens (including phenoxy) is 1. The SMILES string of the molecule is OC(c1ccc(F)cc1)C1CCN(CCCOc2ccc3ccccc3c2)CC1. The number of hydrogen-bond acceptors (Lipinski definition) is 3. The van der Waals surface area contributed by atoms with Gasteiger partial charge in [-0.15, -0.1) is 0 Å². The molecule has 1 aliphatic rings. The molecule has 3 nitrogen and oxygen atoms in total. The first-order valence-corrected chi connectivity index (χ1v) is 10.5. The van der Waals surface area contributed by atoms with Crippen LogP contribution >= 0.6 is 0 Å². The van der Waals surface area contributed by atoms with E-state index >= 15 is 0 Å². The third-order valence-electron chi connectivity index (χ3n) is 5.90. The summed E-state index contributed by atoms with van der Waals surface area (Å²) in [4.78, 5) is 2.44.